The molecule has 2 aromatic carbocycles. The van der Waals surface area contributed by atoms with Crippen LogP contribution in [0.25, 0.3) is 10.9 Å². The zero-order chi connectivity index (χ0) is 13.4. The van der Waals surface area contributed by atoms with Crippen LogP contribution in [0.5, 0.6) is 0 Å². The summed E-state index contributed by atoms with van der Waals surface area (Å²) in [4.78, 5) is 0. The molecule has 1 heterocycles. The van der Waals surface area contributed by atoms with E-state index in [1.807, 2.05) is 16.8 Å². The quantitative estimate of drug-likeness (QED) is 0.700. The predicted octanol–water partition coefficient (Wildman–Crippen LogP) is 3.55. The number of nitrogen functional groups attached to an aromatic ring is 1. The van der Waals surface area contributed by atoms with Crippen LogP contribution in [0.3, 0.4) is 0 Å². The maximum Gasteiger partial charge on any atom is 0.125 e. The topological polar surface area (TPSA) is 30.9 Å². The van der Waals surface area contributed by atoms with Gasteiger partial charge in [-0.3, -0.25) is 0 Å². The van der Waals surface area contributed by atoms with Crippen LogP contribution in [0.4, 0.5) is 14.5 Å². The Balaban J connectivity index is 2.05. The maximum absolute atomic E-state index is 13.3. The van der Waals surface area contributed by atoms with E-state index in [2.05, 4.69) is 0 Å². The fourth-order valence-electron chi connectivity index (χ4n) is 2.19. The summed E-state index contributed by atoms with van der Waals surface area (Å²) in [5.74, 6) is -0.619. The lowest BCUT2D eigenvalue weighted by Crippen LogP contribution is -2.02. The molecule has 0 fully saturated rings. The van der Waals surface area contributed by atoms with E-state index in [1.54, 1.807) is 6.07 Å². The molecule has 0 bridgehead atoms. The molecule has 3 rings (SSSR count). The molecule has 0 saturated carbocycles. The largest absolute Gasteiger partial charge is 0.398 e. The van der Waals surface area contributed by atoms with Crippen molar-refractivity contribution < 1.29 is 8.78 Å². The molecule has 0 aliphatic carbocycles. The third-order valence-electron chi connectivity index (χ3n) is 3.18. The van der Waals surface area contributed by atoms with E-state index in [1.165, 1.54) is 30.3 Å². The fraction of sp³-hybridized carbons (Fsp3) is 0.0667. The summed E-state index contributed by atoms with van der Waals surface area (Å²) in [5, 5.41) is 0.941. The number of aromatic nitrogens is 1. The average Bonchev–Trinajstić information content (AvgIpc) is 2.77. The lowest BCUT2D eigenvalue weighted by atomic mass is 10.1. The molecule has 0 spiro atoms. The first-order valence-electron chi connectivity index (χ1n) is 5.92. The molecule has 2 nitrogen and oxygen atoms in total. The van der Waals surface area contributed by atoms with Crippen molar-refractivity contribution in [3.63, 3.8) is 0 Å². The van der Waals surface area contributed by atoms with E-state index in [0.717, 1.165) is 10.9 Å². The Hall–Kier alpha value is -2.36. The molecule has 0 unspecified atom stereocenters. The van der Waals surface area contributed by atoms with Gasteiger partial charge in [-0.25, -0.2) is 8.78 Å². The highest BCUT2D eigenvalue weighted by molar-refractivity contribution is 5.80. The van der Waals surface area contributed by atoms with Gasteiger partial charge in [0.25, 0.3) is 0 Å². The van der Waals surface area contributed by atoms with Crippen molar-refractivity contribution in [3.05, 3.63) is 65.9 Å². The van der Waals surface area contributed by atoms with Crippen LogP contribution in [0.2, 0.25) is 0 Å². The van der Waals surface area contributed by atoms with Crippen LogP contribution >= 0.6 is 0 Å². The second-order valence-electron chi connectivity index (χ2n) is 4.49. The van der Waals surface area contributed by atoms with Crippen LogP contribution in [-0.4, -0.2) is 4.57 Å². The number of rotatable bonds is 2. The van der Waals surface area contributed by atoms with Crippen molar-refractivity contribution in [2.75, 3.05) is 5.73 Å². The van der Waals surface area contributed by atoms with Gasteiger partial charge in [-0.15, -0.1) is 0 Å². The van der Waals surface area contributed by atoms with E-state index in [-0.39, 0.29) is 11.6 Å². The van der Waals surface area contributed by atoms with E-state index in [0.29, 0.717) is 17.8 Å². The lowest BCUT2D eigenvalue weighted by molar-refractivity contribution is 0.623. The van der Waals surface area contributed by atoms with E-state index in [4.69, 9.17) is 5.73 Å². The third kappa shape index (κ3) is 2.17. The number of fused-ring (bicyclic) bond motifs is 1. The standard InChI is InChI=1S/C15H12F2N2/c16-12-3-4-14(18)11(7-12)9-19-6-5-10-1-2-13(17)8-15(10)19/h1-8H,9,18H2. The van der Waals surface area contributed by atoms with Crippen molar-refractivity contribution in [1.29, 1.82) is 0 Å². The van der Waals surface area contributed by atoms with Gasteiger partial charge in [-0.05, 0) is 53.4 Å². The van der Waals surface area contributed by atoms with E-state index >= 15 is 0 Å². The van der Waals surface area contributed by atoms with Crippen LogP contribution in [0.15, 0.2) is 48.7 Å². The van der Waals surface area contributed by atoms with Gasteiger partial charge in [-0.1, -0.05) is 0 Å². The Bertz CT molecular complexity index is 747. The fourth-order valence-corrected chi connectivity index (χ4v) is 2.19. The molecular weight excluding hydrogens is 246 g/mol. The Labute approximate surface area is 109 Å². The normalized spacial score (nSPS) is 11.1. The molecule has 0 aliphatic heterocycles. The molecule has 0 amide bonds. The van der Waals surface area contributed by atoms with Gasteiger partial charge in [-0.2, -0.15) is 0 Å². The van der Waals surface area contributed by atoms with Gasteiger partial charge in [0.2, 0.25) is 0 Å². The maximum atomic E-state index is 13.3. The van der Waals surface area contributed by atoms with Crippen molar-refractivity contribution in [2.24, 2.45) is 0 Å². The second-order valence-corrected chi connectivity index (χ2v) is 4.49. The van der Waals surface area contributed by atoms with Crippen LogP contribution in [0.1, 0.15) is 5.56 Å². The van der Waals surface area contributed by atoms with Crippen molar-refractivity contribution in [2.45, 2.75) is 6.54 Å². The van der Waals surface area contributed by atoms with Crippen LogP contribution in [-0.2, 0) is 6.54 Å². The monoisotopic (exact) mass is 258 g/mol. The van der Waals surface area contributed by atoms with E-state index < -0.39 is 0 Å². The summed E-state index contributed by atoms with van der Waals surface area (Å²) in [6.45, 7) is 0.413. The minimum absolute atomic E-state index is 0.292. The van der Waals surface area contributed by atoms with Gasteiger partial charge >= 0.3 is 0 Å². The number of anilines is 1. The molecule has 0 saturated heterocycles. The summed E-state index contributed by atoms with van der Waals surface area (Å²) in [5.41, 5.74) is 7.80. The highest BCUT2D eigenvalue weighted by atomic mass is 19.1. The Kier molecular flexibility index (Phi) is 2.71. The minimum Gasteiger partial charge on any atom is -0.398 e. The van der Waals surface area contributed by atoms with Crippen molar-refractivity contribution in [1.82, 2.24) is 4.57 Å². The second kappa shape index (κ2) is 4.39. The number of hydrogen-bond donors (Lipinski definition) is 1. The minimum atomic E-state index is -0.327. The van der Waals surface area contributed by atoms with Crippen molar-refractivity contribution >= 4 is 16.6 Å². The average molecular weight is 258 g/mol. The zero-order valence-electron chi connectivity index (χ0n) is 10.1. The SMILES string of the molecule is Nc1ccc(F)cc1Cn1ccc2ccc(F)cc21. The van der Waals surface area contributed by atoms with Gasteiger partial charge in [0.1, 0.15) is 11.6 Å². The van der Waals surface area contributed by atoms with Gasteiger partial charge in [0.15, 0.2) is 0 Å². The summed E-state index contributed by atoms with van der Waals surface area (Å²) in [6, 6.07) is 10.8. The molecule has 96 valence electrons. The molecule has 0 atom stereocenters. The highest BCUT2D eigenvalue weighted by Crippen LogP contribution is 2.21. The number of nitrogens with two attached hydrogens (primary N) is 1. The first-order valence-corrected chi connectivity index (χ1v) is 5.92. The molecular formula is C15H12F2N2. The smallest absolute Gasteiger partial charge is 0.125 e. The van der Waals surface area contributed by atoms with Crippen LogP contribution < -0.4 is 5.73 Å². The first-order chi connectivity index (χ1) is 9.13. The van der Waals surface area contributed by atoms with Gasteiger partial charge in [0.05, 0.1) is 5.52 Å². The van der Waals surface area contributed by atoms with Gasteiger partial charge < -0.3 is 10.3 Å². The summed E-state index contributed by atoms with van der Waals surface area (Å²) >= 11 is 0. The Morgan fingerprint density at radius 3 is 2.53 bits per heavy atom. The number of hydrogen-bond acceptors (Lipinski definition) is 1. The summed E-state index contributed by atoms with van der Waals surface area (Å²) in [6.07, 6.45) is 1.84. The molecule has 2 N–H and O–H groups in total. The Morgan fingerprint density at radius 2 is 1.68 bits per heavy atom. The number of nitrogens with zero attached hydrogens (tertiary/aromatic N) is 1. The third-order valence-corrected chi connectivity index (χ3v) is 3.18. The first kappa shape index (κ1) is 11.7. The number of benzene rings is 2. The molecule has 19 heavy (non-hydrogen) atoms. The Morgan fingerprint density at radius 1 is 0.947 bits per heavy atom. The van der Waals surface area contributed by atoms with Crippen LogP contribution in [0, 0.1) is 11.6 Å². The highest BCUT2D eigenvalue weighted by Gasteiger charge is 2.06. The lowest BCUT2D eigenvalue weighted by Gasteiger charge is -2.08. The molecule has 4 heteroatoms. The summed E-state index contributed by atoms with van der Waals surface area (Å²) < 4.78 is 28.4. The zero-order valence-corrected chi connectivity index (χ0v) is 10.1. The predicted molar refractivity (Wildman–Crippen MR) is 71.8 cm³/mol. The molecule has 3 aromatic rings. The molecule has 0 aliphatic rings. The summed E-state index contributed by atoms with van der Waals surface area (Å²) in [7, 11) is 0. The molecule has 0 radical (unpaired) electrons. The number of halogens is 2. The molecule has 1 aromatic heterocycles. The van der Waals surface area contributed by atoms with Gasteiger partial charge in [0, 0.05) is 18.4 Å². The van der Waals surface area contributed by atoms with Crippen molar-refractivity contribution in [3.8, 4) is 0 Å². The van der Waals surface area contributed by atoms with E-state index in [9.17, 15) is 8.78 Å².